The van der Waals surface area contributed by atoms with Crippen molar-refractivity contribution < 1.29 is 18.8 Å². The van der Waals surface area contributed by atoms with E-state index in [1.165, 1.54) is 6.07 Å². The Morgan fingerprint density at radius 1 is 1.06 bits per heavy atom. The molecule has 180 valence electrons. The highest BCUT2D eigenvalue weighted by Gasteiger charge is 2.18. The molecule has 1 N–H and O–H groups in total. The first kappa shape index (κ1) is 23.9. The summed E-state index contributed by atoms with van der Waals surface area (Å²) in [6, 6.07) is 15.4. The van der Waals surface area contributed by atoms with Gasteiger partial charge in [-0.15, -0.1) is 4.57 Å². The lowest BCUT2D eigenvalue weighted by molar-refractivity contribution is 0.0466. The SMILES string of the molecule is Cc1cc2nc(COC(=O)c3cccc(NC(=O)c4ccc(C(C)(C)C)cc4)c3C)cc(=O)n2o1. The van der Waals surface area contributed by atoms with E-state index in [9.17, 15) is 14.4 Å². The smallest absolute Gasteiger partial charge is 0.338 e. The maximum Gasteiger partial charge on any atom is 0.338 e. The highest BCUT2D eigenvalue weighted by atomic mass is 16.5. The van der Waals surface area contributed by atoms with E-state index in [1.807, 2.05) is 12.1 Å². The topological polar surface area (TPSA) is 103 Å². The first-order valence-electron chi connectivity index (χ1n) is 11.2. The van der Waals surface area contributed by atoms with Gasteiger partial charge >= 0.3 is 5.97 Å². The summed E-state index contributed by atoms with van der Waals surface area (Å²) < 4.78 is 11.7. The van der Waals surface area contributed by atoms with Gasteiger partial charge in [0.05, 0.1) is 11.3 Å². The third kappa shape index (κ3) is 5.16. The summed E-state index contributed by atoms with van der Waals surface area (Å²) in [5.74, 6) is -0.311. The van der Waals surface area contributed by atoms with Gasteiger partial charge < -0.3 is 14.6 Å². The molecule has 0 unspecified atom stereocenters. The van der Waals surface area contributed by atoms with E-state index in [0.717, 1.165) is 10.1 Å². The second-order valence-corrected chi connectivity index (χ2v) is 9.42. The van der Waals surface area contributed by atoms with Gasteiger partial charge in [0.2, 0.25) is 0 Å². The Kier molecular flexibility index (Phi) is 6.30. The predicted molar refractivity (Wildman–Crippen MR) is 132 cm³/mol. The molecule has 0 fully saturated rings. The molecular formula is C27H27N3O5. The minimum atomic E-state index is -0.585. The van der Waals surface area contributed by atoms with Crippen molar-refractivity contribution in [2.75, 3.05) is 5.32 Å². The molecule has 0 aliphatic heterocycles. The Labute approximate surface area is 202 Å². The van der Waals surface area contributed by atoms with E-state index in [0.29, 0.717) is 39.5 Å². The van der Waals surface area contributed by atoms with Crippen LogP contribution in [0.5, 0.6) is 0 Å². The van der Waals surface area contributed by atoms with Gasteiger partial charge in [-0.25, -0.2) is 9.78 Å². The van der Waals surface area contributed by atoms with E-state index >= 15 is 0 Å². The van der Waals surface area contributed by atoms with Crippen LogP contribution in [0.1, 0.15) is 64.1 Å². The van der Waals surface area contributed by atoms with E-state index < -0.39 is 11.5 Å². The summed E-state index contributed by atoms with van der Waals surface area (Å²) in [4.78, 5) is 42.0. The molecule has 0 aliphatic rings. The normalized spacial score (nSPS) is 11.5. The fraction of sp³-hybridized carbons (Fsp3) is 0.259. The predicted octanol–water partition coefficient (Wildman–Crippen LogP) is 4.81. The van der Waals surface area contributed by atoms with Gasteiger partial charge in [-0.1, -0.05) is 39.0 Å². The van der Waals surface area contributed by atoms with Crippen molar-refractivity contribution in [1.82, 2.24) is 9.56 Å². The molecular weight excluding hydrogens is 446 g/mol. The number of hydrogen-bond acceptors (Lipinski definition) is 6. The van der Waals surface area contributed by atoms with Gasteiger partial charge in [-0.05, 0) is 54.7 Å². The molecule has 0 atom stereocenters. The summed E-state index contributed by atoms with van der Waals surface area (Å²) in [6.07, 6.45) is 0. The van der Waals surface area contributed by atoms with Crippen LogP contribution in [0, 0.1) is 13.8 Å². The van der Waals surface area contributed by atoms with E-state index in [-0.39, 0.29) is 17.9 Å². The fourth-order valence-electron chi connectivity index (χ4n) is 3.67. The van der Waals surface area contributed by atoms with Gasteiger partial charge in [0, 0.05) is 23.4 Å². The van der Waals surface area contributed by atoms with E-state index in [1.54, 1.807) is 50.2 Å². The Morgan fingerprint density at radius 2 is 1.77 bits per heavy atom. The van der Waals surface area contributed by atoms with Crippen LogP contribution >= 0.6 is 0 Å². The first-order valence-corrected chi connectivity index (χ1v) is 11.2. The highest BCUT2D eigenvalue weighted by Crippen LogP contribution is 2.24. The van der Waals surface area contributed by atoms with Gasteiger partial charge in [-0.3, -0.25) is 9.59 Å². The number of ether oxygens (including phenoxy) is 1. The number of aromatic nitrogens is 2. The molecule has 4 rings (SSSR count). The maximum absolute atomic E-state index is 12.8. The second kappa shape index (κ2) is 9.21. The molecule has 0 spiro atoms. The average Bonchev–Trinajstić information content (AvgIpc) is 3.19. The molecule has 0 radical (unpaired) electrons. The number of carbonyl (C=O) groups is 2. The quantitative estimate of drug-likeness (QED) is 0.417. The number of carbonyl (C=O) groups excluding carboxylic acids is 2. The number of benzene rings is 2. The zero-order chi connectivity index (χ0) is 25.3. The molecule has 0 aliphatic carbocycles. The average molecular weight is 474 g/mol. The number of anilines is 1. The van der Waals surface area contributed by atoms with Crippen LogP contribution < -0.4 is 10.9 Å². The summed E-state index contributed by atoms with van der Waals surface area (Å²) in [5.41, 5.74) is 3.30. The molecule has 1 amide bonds. The number of amides is 1. The van der Waals surface area contributed by atoms with Crippen molar-refractivity contribution in [1.29, 1.82) is 0 Å². The number of nitrogens with one attached hydrogen (secondary N) is 1. The molecule has 2 aromatic heterocycles. The number of esters is 1. The molecule has 2 aromatic carbocycles. The molecule has 8 nitrogen and oxygen atoms in total. The number of aryl methyl sites for hydroxylation is 1. The van der Waals surface area contributed by atoms with Crippen LogP contribution in [0.2, 0.25) is 0 Å². The third-order valence-corrected chi connectivity index (χ3v) is 5.69. The van der Waals surface area contributed by atoms with Gasteiger partial charge in [0.25, 0.3) is 11.5 Å². The standard InChI is InChI=1S/C27H27N3O5/c1-16-13-23-28-20(14-24(31)30(23)35-16)15-34-26(33)21-7-6-8-22(17(21)2)29-25(32)18-9-11-19(12-10-18)27(3,4)5/h6-14H,15H2,1-5H3,(H,29,32). The van der Waals surface area contributed by atoms with E-state index in [4.69, 9.17) is 9.26 Å². The van der Waals surface area contributed by atoms with Crippen LogP contribution in [0.15, 0.2) is 63.9 Å². The molecule has 8 heteroatoms. The van der Waals surface area contributed by atoms with Crippen LogP contribution in [0.3, 0.4) is 0 Å². The molecule has 4 aromatic rings. The molecule has 2 heterocycles. The lowest BCUT2D eigenvalue weighted by atomic mass is 9.86. The summed E-state index contributed by atoms with van der Waals surface area (Å²) in [7, 11) is 0. The lowest BCUT2D eigenvalue weighted by Crippen LogP contribution is -2.17. The largest absolute Gasteiger partial charge is 0.456 e. The lowest BCUT2D eigenvalue weighted by Gasteiger charge is -2.19. The number of nitrogens with zero attached hydrogens (tertiary/aromatic N) is 2. The summed E-state index contributed by atoms with van der Waals surface area (Å²) >= 11 is 0. The maximum atomic E-state index is 12.8. The number of rotatable bonds is 5. The molecule has 35 heavy (non-hydrogen) atoms. The van der Waals surface area contributed by atoms with E-state index in [2.05, 4.69) is 31.1 Å². The fourth-order valence-corrected chi connectivity index (χ4v) is 3.67. The third-order valence-electron chi connectivity index (χ3n) is 5.69. The van der Waals surface area contributed by atoms with Crippen molar-refractivity contribution in [3.63, 3.8) is 0 Å². The Hall–Kier alpha value is -4.20. The van der Waals surface area contributed by atoms with Crippen molar-refractivity contribution in [3.8, 4) is 0 Å². The minimum absolute atomic E-state index is 0.00683. The minimum Gasteiger partial charge on any atom is -0.456 e. The zero-order valence-corrected chi connectivity index (χ0v) is 20.3. The van der Waals surface area contributed by atoms with Gasteiger partial charge in [0.15, 0.2) is 5.65 Å². The first-order chi connectivity index (χ1) is 16.5. The Balaban J connectivity index is 1.47. The van der Waals surface area contributed by atoms with Gasteiger partial charge in [0.1, 0.15) is 12.4 Å². The molecule has 0 saturated carbocycles. The summed E-state index contributed by atoms with van der Waals surface area (Å²) in [5, 5.41) is 2.87. The molecule has 0 saturated heterocycles. The van der Waals surface area contributed by atoms with Crippen molar-refractivity contribution in [3.05, 3.63) is 98.7 Å². The summed E-state index contributed by atoms with van der Waals surface area (Å²) in [6.45, 7) is 9.61. The van der Waals surface area contributed by atoms with Crippen LogP contribution in [-0.2, 0) is 16.8 Å². The van der Waals surface area contributed by atoms with Crippen LogP contribution in [-0.4, -0.2) is 21.4 Å². The second-order valence-electron chi connectivity index (χ2n) is 9.42. The van der Waals surface area contributed by atoms with Crippen LogP contribution in [0.4, 0.5) is 5.69 Å². The van der Waals surface area contributed by atoms with Crippen molar-refractivity contribution in [2.45, 2.75) is 46.6 Å². The van der Waals surface area contributed by atoms with Crippen molar-refractivity contribution in [2.24, 2.45) is 0 Å². The Morgan fingerprint density at radius 3 is 2.46 bits per heavy atom. The Bertz CT molecular complexity index is 1470. The highest BCUT2D eigenvalue weighted by molar-refractivity contribution is 6.05. The molecule has 0 bridgehead atoms. The van der Waals surface area contributed by atoms with Crippen LogP contribution in [0.25, 0.3) is 5.65 Å². The number of fused-ring (bicyclic) bond motifs is 1. The monoisotopic (exact) mass is 473 g/mol. The number of hydrogen-bond donors (Lipinski definition) is 1. The van der Waals surface area contributed by atoms with Gasteiger partial charge in [-0.2, -0.15) is 0 Å². The zero-order valence-electron chi connectivity index (χ0n) is 20.3. The van der Waals surface area contributed by atoms with Crippen molar-refractivity contribution >= 4 is 23.2 Å².